The topological polar surface area (TPSA) is 49.8 Å². The molecule has 1 aliphatic heterocycles. The third-order valence-electron chi connectivity index (χ3n) is 2.83. The van der Waals surface area contributed by atoms with Crippen molar-refractivity contribution >= 4 is 27.7 Å². The van der Waals surface area contributed by atoms with Gasteiger partial charge in [-0.1, -0.05) is 15.9 Å². The number of nitrogens with zero attached hydrogens (tertiary/aromatic N) is 1. The molecule has 92 valence electrons. The molecule has 1 saturated heterocycles. The second-order valence-electron chi connectivity index (χ2n) is 4.35. The number of aliphatic hydroxyl groups is 1. The number of anilines is 1. The molecule has 1 unspecified atom stereocenters. The van der Waals surface area contributed by atoms with Crippen molar-refractivity contribution in [2.75, 3.05) is 18.1 Å². The molecule has 2 rings (SSSR count). The first-order valence-electron chi connectivity index (χ1n) is 5.41. The largest absolute Gasteiger partial charge is 0.441 e. The predicted octanol–water partition coefficient (Wildman–Crippen LogP) is 2.55. The Bertz CT molecular complexity index is 420. The van der Waals surface area contributed by atoms with Crippen LogP contribution >= 0.6 is 15.9 Å². The highest BCUT2D eigenvalue weighted by Crippen LogP contribution is 2.30. The van der Waals surface area contributed by atoms with E-state index in [9.17, 15) is 4.79 Å². The fraction of sp³-hybridized carbons (Fsp3) is 0.417. The molecular formula is C12H14BrNO3. The summed E-state index contributed by atoms with van der Waals surface area (Å²) in [7, 11) is 0. The number of amides is 1. The first kappa shape index (κ1) is 12.4. The molecular weight excluding hydrogens is 286 g/mol. The number of aliphatic hydroxyl groups excluding tert-OH is 1. The van der Waals surface area contributed by atoms with Crippen molar-refractivity contribution in [1.29, 1.82) is 0 Å². The summed E-state index contributed by atoms with van der Waals surface area (Å²) in [4.78, 5) is 13.3. The summed E-state index contributed by atoms with van der Waals surface area (Å²) in [6.07, 6.45) is 0.0921. The highest BCUT2D eigenvalue weighted by Gasteiger charge is 2.41. The second kappa shape index (κ2) is 4.66. The van der Waals surface area contributed by atoms with Crippen molar-refractivity contribution in [1.82, 2.24) is 0 Å². The zero-order valence-corrected chi connectivity index (χ0v) is 11.1. The Morgan fingerprint density at radius 1 is 1.47 bits per heavy atom. The van der Waals surface area contributed by atoms with Crippen molar-refractivity contribution in [2.24, 2.45) is 0 Å². The SMILES string of the molecule is CC1(CCO)CN(c2ccc(Br)cc2)C(=O)O1. The van der Waals surface area contributed by atoms with Crippen LogP contribution in [-0.4, -0.2) is 30.0 Å². The van der Waals surface area contributed by atoms with Gasteiger partial charge in [-0.05, 0) is 31.2 Å². The van der Waals surface area contributed by atoms with Crippen LogP contribution in [0.1, 0.15) is 13.3 Å². The molecule has 0 aliphatic carbocycles. The van der Waals surface area contributed by atoms with Gasteiger partial charge in [0, 0.05) is 23.2 Å². The number of hydrogen-bond acceptors (Lipinski definition) is 3. The van der Waals surface area contributed by atoms with Crippen molar-refractivity contribution in [3.63, 3.8) is 0 Å². The van der Waals surface area contributed by atoms with E-state index >= 15 is 0 Å². The number of halogens is 1. The molecule has 17 heavy (non-hydrogen) atoms. The summed E-state index contributed by atoms with van der Waals surface area (Å²) in [6, 6.07) is 7.47. The molecule has 0 saturated carbocycles. The number of carbonyl (C=O) groups is 1. The summed E-state index contributed by atoms with van der Waals surface area (Å²) in [6.45, 7) is 2.31. The molecule has 0 aromatic heterocycles. The van der Waals surface area contributed by atoms with E-state index in [0.29, 0.717) is 13.0 Å². The van der Waals surface area contributed by atoms with Crippen LogP contribution in [0, 0.1) is 0 Å². The first-order chi connectivity index (χ1) is 8.04. The average molecular weight is 300 g/mol. The van der Waals surface area contributed by atoms with Gasteiger partial charge in [-0.2, -0.15) is 0 Å². The molecule has 0 radical (unpaired) electrons. The molecule has 0 spiro atoms. The number of rotatable bonds is 3. The minimum Gasteiger partial charge on any atom is -0.441 e. The molecule has 1 heterocycles. The van der Waals surface area contributed by atoms with E-state index in [2.05, 4.69) is 15.9 Å². The Hall–Kier alpha value is -1.07. The molecule has 1 atom stereocenters. The van der Waals surface area contributed by atoms with E-state index in [1.54, 1.807) is 4.90 Å². The van der Waals surface area contributed by atoms with Gasteiger partial charge in [-0.15, -0.1) is 0 Å². The van der Waals surface area contributed by atoms with Gasteiger partial charge in [0.2, 0.25) is 0 Å². The van der Waals surface area contributed by atoms with Gasteiger partial charge in [-0.3, -0.25) is 4.90 Å². The lowest BCUT2D eigenvalue weighted by atomic mass is 10.0. The third kappa shape index (κ3) is 2.61. The molecule has 0 bridgehead atoms. The maximum absolute atomic E-state index is 11.8. The smallest absolute Gasteiger partial charge is 0.415 e. The molecule has 4 nitrogen and oxygen atoms in total. The van der Waals surface area contributed by atoms with Gasteiger partial charge in [0.15, 0.2) is 0 Å². The van der Waals surface area contributed by atoms with Crippen LogP contribution in [0.15, 0.2) is 28.7 Å². The van der Waals surface area contributed by atoms with E-state index in [0.717, 1.165) is 10.2 Å². The summed E-state index contributed by atoms with van der Waals surface area (Å²) >= 11 is 3.35. The zero-order valence-electron chi connectivity index (χ0n) is 9.52. The first-order valence-corrected chi connectivity index (χ1v) is 6.20. The number of ether oxygens (including phenoxy) is 1. The lowest BCUT2D eigenvalue weighted by Gasteiger charge is -2.20. The second-order valence-corrected chi connectivity index (χ2v) is 5.27. The molecule has 5 heteroatoms. The standard InChI is InChI=1S/C12H14BrNO3/c1-12(6-7-15)8-14(11(16)17-12)10-4-2-9(13)3-5-10/h2-5,15H,6-8H2,1H3. The van der Waals surface area contributed by atoms with E-state index in [4.69, 9.17) is 9.84 Å². The summed E-state index contributed by atoms with van der Waals surface area (Å²) in [5.41, 5.74) is 0.207. The maximum atomic E-state index is 11.8. The van der Waals surface area contributed by atoms with Crippen LogP contribution in [0.4, 0.5) is 10.5 Å². The number of carbonyl (C=O) groups excluding carboxylic acids is 1. The fourth-order valence-electron chi connectivity index (χ4n) is 1.88. The van der Waals surface area contributed by atoms with Crippen LogP contribution in [0.3, 0.4) is 0 Å². The summed E-state index contributed by atoms with van der Waals surface area (Å²) in [5.74, 6) is 0. The Kier molecular flexibility index (Phi) is 3.40. The molecule has 1 aliphatic rings. The van der Waals surface area contributed by atoms with Gasteiger partial charge in [-0.25, -0.2) is 4.79 Å². The molecule has 1 amide bonds. The predicted molar refractivity (Wildman–Crippen MR) is 68.1 cm³/mol. The molecule has 1 fully saturated rings. The van der Waals surface area contributed by atoms with Gasteiger partial charge >= 0.3 is 6.09 Å². The van der Waals surface area contributed by atoms with Crippen molar-refractivity contribution < 1.29 is 14.6 Å². The van der Waals surface area contributed by atoms with Crippen LogP contribution in [0.5, 0.6) is 0 Å². The number of hydrogen-bond donors (Lipinski definition) is 1. The highest BCUT2D eigenvalue weighted by molar-refractivity contribution is 9.10. The van der Waals surface area contributed by atoms with Gasteiger partial charge in [0.25, 0.3) is 0 Å². The van der Waals surface area contributed by atoms with E-state index in [-0.39, 0.29) is 12.7 Å². The molecule has 1 N–H and O–H groups in total. The minimum atomic E-state index is -0.598. The highest BCUT2D eigenvalue weighted by atomic mass is 79.9. The van der Waals surface area contributed by atoms with Crippen molar-refractivity contribution in [3.8, 4) is 0 Å². The fourth-order valence-corrected chi connectivity index (χ4v) is 2.15. The Balaban J connectivity index is 2.18. The van der Waals surface area contributed by atoms with Gasteiger partial charge in [0.1, 0.15) is 5.60 Å². The Morgan fingerprint density at radius 2 is 2.12 bits per heavy atom. The Morgan fingerprint density at radius 3 is 2.71 bits per heavy atom. The maximum Gasteiger partial charge on any atom is 0.415 e. The van der Waals surface area contributed by atoms with Crippen LogP contribution in [0.2, 0.25) is 0 Å². The van der Waals surface area contributed by atoms with Crippen molar-refractivity contribution in [3.05, 3.63) is 28.7 Å². The average Bonchev–Trinajstić information content (AvgIpc) is 2.56. The van der Waals surface area contributed by atoms with Crippen LogP contribution in [-0.2, 0) is 4.74 Å². The Labute approximate surface area is 108 Å². The quantitative estimate of drug-likeness (QED) is 0.933. The minimum absolute atomic E-state index is 0.0119. The van der Waals surface area contributed by atoms with E-state index in [1.165, 1.54) is 0 Å². The van der Waals surface area contributed by atoms with Gasteiger partial charge in [0.05, 0.1) is 6.54 Å². The van der Waals surface area contributed by atoms with Crippen LogP contribution in [0.25, 0.3) is 0 Å². The summed E-state index contributed by atoms with van der Waals surface area (Å²) in [5, 5.41) is 8.96. The van der Waals surface area contributed by atoms with E-state index in [1.807, 2.05) is 31.2 Å². The number of benzene rings is 1. The lowest BCUT2D eigenvalue weighted by molar-refractivity contribution is 0.0502. The normalized spacial score (nSPS) is 23.9. The third-order valence-corrected chi connectivity index (χ3v) is 3.35. The van der Waals surface area contributed by atoms with E-state index < -0.39 is 5.60 Å². The lowest BCUT2D eigenvalue weighted by Crippen LogP contribution is -2.32. The monoisotopic (exact) mass is 299 g/mol. The van der Waals surface area contributed by atoms with Crippen molar-refractivity contribution in [2.45, 2.75) is 18.9 Å². The number of cyclic esters (lactones) is 1. The summed E-state index contributed by atoms with van der Waals surface area (Å²) < 4.78 is 6.27. The van der Waals surface area contributed by atoms with Crippen LogP contribution < -0.4 is 4.90 Å². The zero-order chi connectivity index (χ0) is 12.5. The molecule has 1 aromatic carbocycles. The molecule has 1 aromatic rings. The van der Waals surface area contributed by atoms with Gasteiger partial charge < -0.3 is 9.84 Å².